The molecule has 1 aliphatic rings. The molecule has 1 N–H and O–H groups in total. The summed E-state index contributed by atoms with van der Waals surface area (Å²) in [4.78, 5) is 29.5. The van der Waals surface area contributed by atoms with Crippen molar-refractivity contribution in [1.82, 2.24) is 9.80 Å². The van der Waals surface area contributed by atoms with Gasteiger partial charge in [-0.05, 0) is 26.0 Å². The first-order chi connectivity index (χ1) is 11.0. The van der Waals surface area contributed by atoms with E-state index in [9.17, 15) is 9.59 Å². The van der Waals surface area contributed by atoms with Gasteiger partial charge in [0.15, 0.2) is 0 Å². The molecule has 1 fully saturated rings. The van der Waals surface area contributed by atoms with Gasteiger partial charge in [-0.3, -0.25) is 9.69 Å². The number of amides is 1. The summed E-state index contributed by atoms with van der Waals surface area (Å²) in [6, 6.07) is 1.75. The maximum Gasteiger partial charge on any atom is 0.340 e. The van der Waals surface area contributed by atoms with Crippen LogP contribution in [0.5, 0.6) is 0 Å². The topological polar surface area (TPSA) is 61.9 Å². The number of piperazine rings is 1. The second kappa shape index (κ2) is 8.42. The average Bonchev–Trinajstić information content (AvgIpc) is 2.89. The summed E-state index contributed by atoms with van der Waals surface area (Å²) >= 11 is 1.40. The molecule has 0 atom stereocenters. The standard InChI is InChI=1S/C16H25N3O3S/c1-4-5-18-6-8-19(9-7-18)11-14(20)17-15-13(16(21)22-3)10-12(2)23-15/h10H,4-9,11H2,1-3H3,(H,17,20). The van der Waals surface area contributed by atoms with Crippen molar-refractivity contribution in [1.29, 1.82) is 0 Å². The first kappa shape index (κ1) is 17.9. The second-order valence-electron chi connectivity index (χ2n) is 5.76. The van der Waals surface area contributed by atoms with Crippen molar-refractivity contribution >= 4 is 28.2 Å². The van der Waals surface area contributed by atoms with Gasteiger partial charge in [0.2, 0.25) is 5.91 Å². The number of thiophene rings is 1. The van der Waals surface area contributed by atoms with Gasteiger partial charge < -0.3 is 15.0 Å². The first-order valence-corrected chi connectivity index (χ1v) is 8.78. The lowest BCUT2D eigenvalue weighted by Crippen LogP contribution is -2.48. The minimum Gasteiger partial charge on any atom is -0.465 e. The lowest BCUT2D eigenvalue weighted by Gasteiger charge is -2.34. The highest BCUT2D eigenvalue weighted by Crippen LogP contribution is 2.28. The minimum absolute atomic E-state index is 0.0825. The maximum atomic E-state index is 12.2. The van der Waals surface area contributed by atoms with E-state index in [2.05, 4.69) is 22.0 Å². The van der Waals surface area contributed by atoms with Crippen LogP contribution in [0.25, 0.3) is 0 Å². The predicted molar refractivity (Wildman–Crippen MR) is 92.2 cm³/mol. The fraction of sp³-hybridized carbons (Fsp3) is 0.625. The Bertz CT molecular complexity index is 551. The highest BCUT2D eigenvalue weighted by atomic mass is 32.1. The Kier molecular flexibility index (Phi) is 6.56. The summed E-state index contributed by atoms with van der Waals surface area (Å²) in [6.45, 7) is 9.39. The van der Waals surface area contributed by atoms with Crippen molar-refractivity contribution in [3.8, 4) is 0 Å². The Morgan fingerprint density at radius 2 is 1.91 bits per heavy atom. The predicted octanol–water partition coefficient (Wildman–Crippen LogP) is 1.81. The van der Waals surface area contributed by atoms with Crippen molar-refractivity contribution in [2.75, 3.05) is 51.7 Å². The lowest BCUT2D eigenvalue weighted by molar-refractivity contribution is -0.117. The van der Waals surface area contributed by atoms with Gasteiger partial charge in [0.25, 0.3) is 0 Å². The summed E-state index contributed by atoms with van der Waals surface area (Å²) in [6.07, 6.45) is 1.16. The van der Waals surface area contributed by atoms with Crippen LogP contribution in [0.15, 0.2) is 6.07 Å². The zero-order valence-electron chi connectivity index (χ0n) is 14.1. The van der Waals surface area contributed by atoms with Crippen molar-refractivity contribution in [3.63, 3.8) is 0 Å². The third-order valence-corrected chi connectivity index (χ3v) is 4.85. The van der Waals surface area contributed by atoms with Gasteiger partial charge in [0.1, 0.15) is 5.00 Å². The van der Waals surface area contributed by atoms with Crippen LogP contribution in [-0.2, 0) is 9.53 Å². The van der Waals surface area contributed by atoms with Crippen LogP contribution in [-0.4, -0.2) is 68.1 Å². The number of rotatable bonds is 6. The minimum atomic E-state index is -0.419. The number of aryl methyl sites for hydroxylation is 1. The molecule has 23 heavy (non-hydrogen) atoms. The van der Waals surface area contributed by atoms with Crippen LogP contribution in [0.3, 0.4) is 0 Å². The molecule has 1 amide bonds. The highest BCUT2D eigenvalue weighted by Gasteiger charge is 2.21. The fourth-order valence-corrected chi connectivity index (χ4v) is 3.64. The Morgan fingerprint density at radius 1 is 1.26 bits per heavy atom. The van der Waals surface area contributed by atoms with Gasteiger partial charge in [-0.2, -0.15) is 0 Å². The van der Waals surface area contributed by atoms with Crippen LogP contribution >= 0.6 is 11.3 Å². The van der Waals surface area contributed by atoms with Gasteiger partial charge in [0, 0.05) is 31.1 Å². The molecule has 0 unspecified atom stereocenters. The van der Waals surface area contributed by atoms with E-state index in [1.165, 1.54) is 18.4 Å². The third kappa shape index (κ3) is 5.02. The van der Waals surface area contributed by atoms with Crippen molar-refractivity contribution in [3.05, 3.63) is 16.5 Å². The molecular weight excluding hydrogens is 314 g/mol. The lowest BCUT2D eigenvalue weighted by atomic mass is 10.3. The van der Waals surface area contributed by atoms with E-state index in [-0.39, 0.29) is 5.91 Å². The van der Waals surface area contributed by atoms with Crippen molar-refractivity contribution in [2.24, 2.45) is 0 Å². The third-order valence-electron chi connectivity index (χ3n) is 3.89. The number of hydrogen-bond acceptors (Lipinski definition) is 6. The molecule has 1 saturated heterocycles. The fourth-order valence-electron chi connectivity index (χ4n) is 2.73. The molecule has 0 bridgehead atoms. The van der Waals surface area contributed by atoms with E-state index >= 15 is 0 Å². The van der Waals surface area contributed by atoms with E-state index in [1.54, 1.807) is 6.07 Å². The smallest absolute Gasteiger partial charge is 0.340 e. The van der Waals surface area contributed by atoms with Crippen LogP contribution in [0, 0.1) is 6.92 Å². The van der Waals surface area contributed by atoms with Crippen LogP contribution in [0.4, 0.5) is 5.00 Å². The zero-order valence-corrected chi connectivity index (χ0v) is 14.9. The molecule has 0 radical (unpaired) electrons. The Morgan fingerprint density at radius 3 is 2.52 bits per heavy atom. The molecular formula is C16H25N3O3S. The molecule has 1 aromatic rings. The monoisotopic (exact) mass is 339 g/mol. The quantitative estimate of drug-likeness (QED) is 0.801. The number of nitrogens with zero attached hydrogens (tertiary/aromatic N) is 2. The number of esters is 1. The van der Waals surface area contributed by atoms with Gasteiger partial charge in [-0.15, -0.1) is 11.3 Å². The number of anilines is 1. The molecule has 7 heteroatoms. The first-order valence-electron chi connectivity index (χ1n) is 7.96. The zero-order chi connectivity index (χ0) is 16.8. The van der Waals surface area contributed by atoms with Gasteiger partial charge in [0.05, 0.1) is 19.2 Å². The molecule has 6 nitrogen and oxygen atoms in total. The number of nitrogens with one attached hydrogen (secondary N) is 1. The van der Waals surface area contributed by atoms with E-state index in [0.29, 0.717) is 17.1 Å². The molecule has 1 aliphatic heterocycles. The van der Waals surface area contributed by atoms with E-state index < -0.39 is 5.97 Å². The summed E-state index contributed by atoms with van der Waals surface area (Å²) in [5.41, 5.74) is 0.427. The van der Waals surface area contributed by atoms with E-state index in [1.807, 2.05) is 6.92 Å². The molecule has 1 aromatic heterocycles. The van der Waals surface area contributed by atoms with Crippen LogP contribution < -0.4 is 5.32 Å². The normalized spacial score (nSPS) is 16.3. The van der Waals surface area contributed by atoms with Gasteiger partial charge in [-0.25, -0.2) is 4.79 Å². The highest BCUT2D eigenvalue weighted by molar-refractivity contribution is 7.16. The summed E-state index contributed by atoms with van der Waals surface area (Å²) < 4.78 is 4.76. The molecule has 0 spiro atoms. The number of carbonyl (C=O) groups excluding carboxylic acids is 2. The molecule has 0 aromatic carbocycles. The number of ether oxygens (including phenoxy) is 1. The maximum absolute atomic E-state index is 12.2. The molecule has 2 heterocycles. The second-order valence-corrected chi connectivity index (χ2v) is 7.01. The molecule has 0 aliphatic carbocycles. The van der Waals surface area contributed by atoms with Gasteiger partial charge in [-0.1, -0.05) is 6.92 Å². The number of methoxy groups -OCH3 is 1. The van der Waals surface area contributed by atoms with Gasteiger partial charge >= 0.3 is 5.97 Å². The van der Waals surface area contributed by atoms with Crippen molar-refractivity contribution in [2.45, 2.75) is 20.3 Å². The largest absolute Gasteiger partial charge is 0.465 e. The Labute approximate surface area is 141 Å². The van der Waals surface area contributed by atoms with E-state index in [0.717, 1.165) is 44.0 Å². The SMILES string of the molecule is CCCN1CCN(CC(=O)Nc2sc(C)cc2C(=O)OC)CC1. The molecule has 128 valence electrons. The van der Waals surface area contributed by atoms with Crippen LogP contribution in [0.2, 0.25) is 0 Å². The average molecular weight is 339 g/mol. The summed E-state index contributed by atoms with van der Waals surface area (Å²) in [5, 5.41) is 3.43. The number of carbonyl (C=O) groups is 2. The summed E-state index contributed by atoms with van der Waals surface area (Å²) in [5.74, 6) is -0.501. The number of hydrogen-bond donors (Lipinski definition) is 1. The van der Waals surface area contributed by atoms with Crippen molar-refractivity contribution < 1.29 is 14.3 Å². The Balaban J connectivity index is 1.87. The summed E-state index contributed by atoms with van der Waals surface area (Å²) in [7, 11) is 1.34. The van der Waals surface area contributed by atoms with E-state index in [4.69, 9.17) is 4.74 Å². The Hall–Kier alpha value is -1.44. The molecule has 0 saturated carbocycles. The molecule has 2 rings (SSSR count). The van der Waals surface area contributed by atoms with Crippen LogP contribution in [0.1, 0.15) is 28.6 Å².